The van der Waals surface area contributed by atoms with Crippen LogP contribution in [0.2, 0.25) is 0 Å². The molecule has 0 bridgehead atoms. The van der Waals surface area contributed by atoms with Gasteiger partial charge in [-0.2, -0.15) is 0 Å². The van der Waals surface area contributed by atoms with Crippen molar-refractivity contribution in [3.8, 4) is 0 Å². The zero-order chi connectivity index (χ0) is 67.8. The minimum Gasteiger partial charge on any atom is -0.462 e. The van der Waals surface area contributed by atoms with Crippen molar-refractivity contribution in [3.05, 3.63) is 173 Å². The maximum absolute atomic E-state index is 12.1. The summed E-state index contributed by atoms with van der Waals surface area (Å²) in [4.78, 5) is 37.2. The van der Waals surface area contributed by atoms with Crippen molar-refractivity contribution in [1.29, 1.82) is 0 Å². The van der Waals surface area contributed by atoms with Gasteiger partial charge in [0.05, 0.1) is 52.9 Å². The number of esters is 3. The van der Waals surface area contributed by atoms with Crippen molar-refractivity contribution in [2.75, 3.05) is 0 Å². The van der Waals surface area contributed by atoms with E-state index in [1.54, 1.807) is 0 Å². The third-order valence-electron chi connectivity index (χ3n) is 20.6. The Morgan fingerprint density at radius 3 is 1.14 bits per heavy atom. The Morgan fingerprint density at radius 2 is 0.705 bits per heavy atom. The van der Waals surface area contributed by atoms with Gasteiger partial charge in [-0.3, -0.25) is 14.4 Å². The molecular weight excluding hydrogens is 1260 g/mol. The van der Waals surface area contributed by atoms with Gasteiger partial charge in [0.2, 0.25) is 0 Å². The van der Waals surface area contributed by atoms with Crippen LogP contribution < -0.4 is 0 Å². The maximum Gasteiger partial charge on any atom is 0.308 e. The van der Waals surface area contributed by atoms with Crippen molar-refractivity contribution >= 4 is 111 Å². The summed E-state index contributed by atoms with van der Waals surface area (Å²) >= 11 is 8.35. The average molecular weight is 1370 g/mol. The van der Waals surface area contributed by atoms with Gasteiger partial charge in [0.1, 0.15) is 18.3 Å². The van der Waals surface area contributed by atoms with Crippen LogP contribution in [0.4, 0.5) is 0 Å². The first-order valence-electron chi connectivity index (χ1n) is 35.3. The predicted octanol–water partition coefficient (Wildman–Crippen LogP) is 22.5. The summed E-state index contributed by atoms with van der Waals surface area (Å²) < 4.78 is 38.0. The molecule has 11 heteroatoms. The lowest BCUT2D eigenvalue weighted by Gasteiger charge is -2.36. The molecule has 3 unspecified atom stereocenters. The number of benzene rings is 9. The minimum absolute atomic E-state index is 0.0158. The van der Waals surface area contributed by atoms with Gasteiger partial charge in [-0.05, 0) is 272 Å². The highest BCUT2D eigenvalue weighted by molar-refractivity contribution is 9.10. The smallest absolute Gasteiger partial charge is 0.308 e. The third kappa shape index (κ3) is 17.7. The topological polar surface area (TPSA) is 107 Å². The summed E-state index contributed by atoms with van der Waals surface area (Å²) in [6.45, 7) is 24.8. The monoisotopic (exact) mass is 1360 g/mol. The molecule has 0 heterocycles. The predicted molar refractivity (Wildman–Crippen MR) is 396 cm³/mol. The molecule has 9 aromatic rings. The second-order valence-corrected chi connectivity index (χ2v) is 30.1. The number of ether oxygens (including phenoxy) is 6. The standard InChI is InChI=1S/C28H33BrO3.C28H34O3S.C28H34O3/c1-5-18(2)27(30)31-22-11-13-23(14-12-22)32-28(3,4)25-15-10-21-16-19-8-6-7-9-20(19)17-24(21)26(25)29;1-5-18(2)27(29)30-22-9-11-23(12-10-22)31-28(3,4)21-8-14-25-19(16-21)6-7-20-17-24(32)13-15-26(20)25;1-5-19(2)27(29)30-23-13-15-24(16-14-23)31-28(3,4)22-12-17-26-21(18-22)11-10-20-8-6-7-9-25(20)26/h6-10,15-18,22-23H,5,11-14H2,1-4H3;6-8,13-18,22-23,32H,5,9-12H2,1-4H3;6-12,17-19,23-24H,5,13-16H2,1-4H3. The molecule has 0 saturated heterocycles. The fourth-order valence-electron chi connectivity index (χ4n) is 13.9. The fourth-order valence-corrected chi connectivity index (χ4v) is 15.0. The molecule has 0 N–H and O–H groups in total. The molecule has 0 aliphatic heterocycles. The van der Waals surface area contributed by atoms with E-state index in [0.717, 1.165) is 111 Å². The Balaban J connectivity index is 0.000000155. The first-order chi connectivity index (χ1) is 45.4. The van der Waals surface area contributed by atoms with E-state index in [4.69, 9.17) is 28.4 Å². The summed E-state index contributed by atoms with van der Waals surface area (Å²) in [6.07, 6.45) is 13.9. The van der Waals surface area contributed by atoms with E-state index < -0.39 is 5.60 Å². The molecule has 0 spiro atoms. The van der Waals surface area contributed by atoms with E-state index in [9.17, 15) is 14.4 Å². The Labute approximate surface area is 578 Å². The van der Waals surface area contributed by atoms with Crippen LogP contribution in [0.1, 0.15) is 196 Å². The number of halogens is 1. The van der Waals surface area contributed by atoms with Gasteiger partial charge < -0.3 is 28.4 Å². The molecule has 3 atom stereocenters. The lowest BCUT2D eigenvalue weighted by atomic mass is 9.91. The van der Waals surface area contributed by atoms with Crippen LogP contribution >= 0.6 is 28.6 Å². The van der Waals surface area contributed by atoms with E-state index >= 15 is 0 Å². The average Bonchev–Trinajstić information content (AvgIpc) is 0.788. The normalized spacial score (nSPS) is 20.5. The first-order valence-corrected chi connectivity index (χ1v) is 36.5. The first kappa shape index (κ1) is 71.4. The van der Waals surface area contributed by atoms with Crippen LogP contribution in [0.3, 0.4) is 0 Å². The van der Waals surface area contributed by atoms with Crippen LogP contribution in [0, 0.1) is 17.8 Å². The molecule has 9 nitrogen and oxygen atoms in total. The van der Waals surface area contributed by atoms with E-state index in [1.165, 1.54) is 75.8 Å². The SMILES string of the molecule is CCC(C)C(=O)OC1CCC(OC(C)(C)c2ccc3c(ccc4cc(S)ccc43)c2)CC1.CCC(C)C(=O)OC1CCC(OC(C)(C)c2ccc3c(ccc4ccccc43)c2)CC1.CCC(C)C(=O)OC1CCC(OC(C)(C)c2ccc3cc4ccccc4cc3c2Br)CC1. The van der Waals surface area contributed by atoms with Gasteiger partial charge in [0.25, 0.3) is 0 Å². The van der Waals surface area contributed by atoms with Crippen molar-refractivity contribution in [3.63, 3.8) is 0 Å². The van der Waals surface area contributed by atoms with Crippen LogP contribution in [-0.4, -0.2) is 54.5 Å². The largest absolute Gasteiger partial charge is 0.462 e. The number of hydrogen-bond acceptors (Lipinski definition) is 10. The van der Waals surface area contributed by atoms with Gasteiger partial charge >= 0.3 is 17.9 Å². The number of thiol groups is 1. The van der Waals surface area contributed by atoms with Crippen LogP contribution in [0.5, 0.6) is 0 Å². The van der Waals surface area contributed by atoms with Gasteiger partial charge in [-0.15, -0.1) is 12.6 Å². The summed E-state index contributed by atoms with van der Waals surface area (Å²) in [5, 5.41) is 14.9. The summed E-state index contributed by atoms with van der Waals surface area (Å²) in [5.41, 5.74) is 2.35. The molecule has 0 aromatic heterocycles. The Morgan fingerprint density at radius 1 is 0.379 bits per heavy atom. The molecule has 3 aliphatic rings. The van der Waals surface area contributed by atoms with E-state index in [2.05, 4.69) is 216 Å². The lowest BCUT2D eigenvalue weighted by Crippen LogP contribution is -2.34. The lowest BCUT2D eigenvalue weighted by molar-refractivity contribution is -0.159. The Bertz CT molecular complexity index is 4130. The Hall–Kier alpha value is -6.34. The molecule has 3 saturated carbocycles. The van der Waals surface area contributed by atoms with Gasteiger partial charge in [0, 0.05) is 9.37 Å². The van der Waals surface area contributed by atoms with Crippen LogP contribution in [-0.2, 0) is 59.6 Å². The fraction of sp³-hybridized carbons (Fsp3) is 0.464. The summed E-state index contributed by atoms with van der Waals surface area (Å²) in [7, 11) is 0. The molecule has 504 valence electrons. The minimum atomic E-state index is -0.427. The molecular formula is C84H101BrO9S. The zero-order valence-corrected chi connectivity index (χ0v) is 60.7. The van der Waals surface area contributed by atoms with Gasteiger partial charge in [-0.25, -0.2) is 0 Å². The molecule has 0 amide bonds. The molecule has 12 rings (SSSR count). The number of rotatable bonds is 18. The van der Waals surface area contributed by atoms with Crippen molar-refractivity contribution in [2.24, 2.45) is 17.8 Å². The molecule has 9 aromatic carbocycles. The highest BCUT2D eigenvalue weighted by Crippen LogP contribution is 2.42. The van der Waals surface area contributed by atoms with Gasteiger partial charge in [-0.1, -0.05) is 157 Å². The number of carbonyl (C=O) groups excluding carboxylic acids is 3. The second-order valence-electron chi connectivity index (χ2n) is 28.8. The molecule has 3 aliphatic carbocycles. The zero-order valence-electron chi connectivity index (χ0n) is 58.2. The van der Waals surface area contributed by atoms with Crippen molar-refractivity contribution in [2.45, 2.75) is 238 Å². The van der Waals surface area contributed by atoms with Crippen LogP contribution in [0.15, 0.2) is 161 Å². The van der Waals surface area contributed by atoms with Crippen LogP contribution in [0.25, 0.3) is 64.6 Å². The van der Waals surface area contributed by atoms with Crippen molar-refractivity contribution < 1.29 is 42.8 Å². The quantitative estimate of drug-likeness (QED) is 0.0295. The van der Waals surface area contributed by atoms with Crippen molar-refractivity contribution in [1.82, 2.24) is 0 Å². The highest BCUT2D eigenvalue weighted by atomic mass is 79.9. The molecule has 3 fully saturated rings. The highest BCUT2D eigenvalue weighted by Gasteiger charge is 2.35. The number of carbonyl (C=O) groups is 3. The van der Waals surface area contributed by atoms with Gasteiger partial charge in [0.15, 0.2) is 0 Å². The summed E-state index contributed by atoms with van der Waals surface area (Å²) in [5.74, 6) is -0.247. The second kappa shape index (κ2) is 31.5. The van der Waals surface area contributed by atoms with E-state index in [-0.39, 0.29) is 83.5 Å². The third-order valence-corrected chi connectivity index (χ3v) is 21.7. The molecule has 95 heavy (non-hydrogen) atoms. The van der Waals surface area contributed by atoms with E-state index in [1.807, 2.05) is 47.6 Å². The molecule has 0 radical (unpaired) electrons. The maximum atomic E-state index is 12.1. The summed E-state index contributed by atoms with van der Waals surface area (Å²) in [6, 6.07) is 54.2. The number of fused-ring (bicyclic) bond motifs is 8. The Kier molecular flexibility index (Phi) is 23.7. The van der Waals surface area contributed by atoms with E-state index in [0.29, 0.717) is 0 Å². The number of hydrogen-bond donors (Lipinski definition) is 1.